The topological polar surface area (TPSA) is 29.3 Å². The van der Waals surface area contributed by atoms with Gasteiger partial charge in [0.05, 0.1) is 0 Å². The molecule has 108 valence electrons. The van der Waals surface area contributed by atoms with Gasteiger partial charge in [0.2, 0.25) is 0 Å². The Morgan fingerprint density at radius 3 is 2.33 bits per heavy atom. The van der Waals surface area contributed by atoms with E-state index in [4.69, 9.17) is 5.73 Å². The first-order valence-corrected chi connectivity index (χ1v) is 8.06. The van der Waals surface area contributed by atoms with Crippen molar-refractivity contribution < 1.29 is 0 Å². The summed E-state index contributed by atoms with van der Waals surface area (Å²) < 4.78 is 0. The molecule has 18 heavy (non-hydrogen) atoms. The Morgan fingerprint density at radius 1 is 1.17 bits per heavy atom. The number of hydrogen-bond acceptors (Lipinski definition) is 2. The number of rotatable bonds is 7. The second-order valence-corrected chi connectivity index (χ2v) is 6.61. The molecule has 1 aliphatic carbocycles. The van der Waals surface area contributed by atoms with E-state index in [2.05, 4.69) is 32.6 Å². The van der Waals surface area contributed by atoms with Gasteiger partial charge in [0.15, 0.2) is 0 Å². The van der Waals surface area contributed by atoms with Gasteiger partial charge in [0.25, 0.3) is 0 Å². The Balaban J connectivity index is 2.53. The van der Waals surface area contributed by atoms with Crippen LogP contribution in [0.3, 0.4) is 0 Å². The maximum Gasteiger partial charge on any atom is 0.00902 e. The Bertz CT molecular complexity index is 211. The summed E-state index contributed by atoms with van der Waals surface area (Å²) in [5.74, 6) is 1.61. The van der Waals surface area contributed by atoms with Crippen molar-refractivity contribution in [1.29, 1.82) is 0 Å². The van der Waals surface area contributed by atoms with Gasteiger partial charge in [-0.25, -0.2) is 0 Å². The van der Waals surface area contributed by atoms with E-state index in [-0.39, 0.29) is 0 Å². The standard InChI is InChI=1S/C16H34N2/c1-5-16(6-2)18(11-13(3)4)12-14-8-7-9-15(17)10-14/h13-16H,5-12,17H2,1-4H3. The first kappa shape index (κ1) is 16.0. The molecule has 1 saturated carbocycles. The fourth-order valence-corrected chi connectivity index (χ4v) is 3.48. The first-order chi connectivity index (χ1) is 8.56. The zero-order valence-electron chi connectivity index (χ0n) is 13.0. The fraction of sp³-hybridized carbons (Fsp3) is 1.00. The SMILES string of the molecule is CCC(CC)N(CC(C)C)CC1CCCC(N)C1. The number of nitrogens with zero attached hydrogens (tertiary/aromatic N) is 1. The lowest BCUT2D eigenvalue weighted by molar-refractivity contribution is 0.123. The quantitative estimate of drug-likeness (QED) is 0.751. The van der Waals surface area contributed by atoms with Gasteiger partial charge in [0.1, 0.15) is 0 Å². The maximum atomic E-state index is 6.12. The molecule has 0 heterocycles. The van der Waals surface area contributed by atoms with Crippen molar-refractivity contribution >= 4 is 0 Å². The molecule has 1 rings (SSSR count). The smallest absolute Gasteiger partial charge is 0.00902 e. The van der Waals surface area contributed by atoms with Gasteiger partial charge in [-0.05, 0) is 43.9 Å². The molecule has 2 heteroatoms. The van der Waals surface area contributed by atoms with E-state index in [1.807, 2.05) is 0 Å². The van der Waals surface area contributed by atoms with Crippen LogP contribution in [0.15, 0.2) is 0 Å². The van der Waals surface area contributed by atoms with Gasteiger partial charge in [0, 0.05) is 25.2 Å². The summed E-state index contributed by atoms with van der Waals surface area (Å²) in [4.78, 5) is 2.74. The summed E-state index contributed by atoms with van der Waals surface area (Å²) in [5, 5.41) is 0. The molecule has 2 atom stereocenters. The van der Waals surface area contributed by atoms with Crippen LogP contribution in [0.2, 0.25) is 0 Å². The van der Waals surface area contributed by atoms with Crippen LogP contribution >= 0.6 is 0 Å². The van der Waals surface area contributed by atoms with Crippen molar-refractivity contribution in [3.05, 3.63) is 0 Å². The van der Waals surface area contributed by atoms with E-state index >= 15 is 0 Å². The van der Waals surface area contributed by atoms with Gasteiger partial charge >= 0.3 is 0 Å². The third kappa shape index (κ3) is 5.27. The predicted molar refractivity (Wildman–Crippen MR) is 80.7 cm³/mol. The third-order valence-corrected chi connectivity index (χ3v) is 4.37. The van der Waals surface area contributed by atoms with Gasteiger partial charge in [-0.3, -0.25) is 4.90 Å². The zero-order chi connectivity index (χ0) is 13.5. The minimum Gasteiger partial charge on any atom is -0.328 e. The summed E-state index contributed by atoms with van der Waals surface area (Å²) in [6, 6.07) is 1.23. The highest BCUT2D eigenvalue weighted by molar-refractivity contribution is 4.80. The first-order valence-electron chi connectivity index (χ1n) is 8.06. The molecule has 2 nitrogen and oxygen atoms in total. The molecule has 1 fully saturated rings. The summed E-state index contributed by atoms with van der Waals surface area (Å²) >= 11 is 0. The van der Waals surface area contributed by atoms with Crippen LogP contribution in [-0.4, -0.2) is 30.1 Å². The summed E-state index contributed by atoms with van der Waals surface area (Å²) in [6.07, 6.45) is 7.77. The Hall–Kier alpha value is -0.0800. The molecular weight excluding hydrogens is 220 g/mol. The van der Waals surface area contributed by atoms with Crippen molar-refractivity contribution in [2.75, 3.05) is 13.1 Å². The van der Waals surface area contributed by atoms with Crippen LogP contribution in [-0.2, 0) is 0 Å². The molecule has 2 N–H and O–H groups in total. The molecule has 0 bridgehead atoms. The molecule has 0 aromatic rings. The number of nitrogens with two attached hydrogens (primary N) is 1. The van der Waals surface area contributed by atoms with E-state index < -0.39 is 0 Å². The zero-order valence-corrected chi connectivity index (χ0v) is 13.0. The van der Waals surface area contributed by atoms with Crippen molar-refractivity contribution in [2.24, 2.45) is 17.6 Å². The van der Waals surface area contributed by atoms with Crippen LogP contribution in [0.25, 0.3) is 0 Å². The molecule has 0 radical (unpaired) electrons. The van der Waals surface area contributed by atoms with Crippen LogP contribution in [0, 0.1) is 11.8 Å². The monoisotopic (exact) mass is 254 g/mol. The van der Waals surface area contributed by atoms with Crippen LogP contribution in [0.5, 0.6) is 0 Å². The summed E-state index contributed by atoms with van der Waals surface area (Å²) in [6.45, 7) is 11.8. The second kappa shape index (κ2) is 8.16. The molecule has 0 aliphatic heterocycles. The van der Waals surface area contributed by atoms with Crippen LogP contribution in [0.4, 0.5) is 0 Å². The molecule has 0 aromatic carbocycles. The molecule has 1 aliphatic rings. The Morgan fingerprint density at radius 2 is 1.83 bits per heavy atom. The van der Waals surface area contributed by atoms with Crippen molar-refractivity contribution in [3.63, 3.8) is 0 Å². The highest BCUT2D eigenvalue weighted by Crippen LogP contribution is 2.25. The van der Waals surface area contributed by atoms with Gasteiger partial charge in [-0.15, -0.1) is 0 Å². The van der Waals surface area contributed by atoms with E-state index in [0.717, 1.165) is 17.9 Å². The second-order valence-electron chi connectivity index (χ2n) is 6.61. The van der Waals surface area contributed by atoms with E-state index in [9.17, 15) is 0 Å². The highest BCUT2D eigenvalue weighted by Gasteiger charge is 2.24. The predicted octanol–water partition coefficient (Wildman–Crippen LogP) is 3.65. The van der Waals surface area contributed by atoms with Crippen molar-refractivity contribution in [1.82, 2.24) is 4.90 Å². The summed E-state index contributed by atoms with van der Waals surface area (Å²) in [5.41, 5.74) is 6.12. The van der Waals surface area contributed by atoms with E-state index in [1.165, 1.54) is 51.6 Å². The average Bonchev–Trinajstić information content (AvgIpc) is 2.29. The van der Waals surface area contributed by atoms with Crippen LogP contribution < -0.4 is 5.73 Å². The largest absolute Gasteiger partial charge is 0.328 e. The number of hydrogen-bond donors (Lipinski definition) is 1. The van der Waals surface area contributed by atoms with Gasteiger partial charge in [-0.2, -0.15) is 0 Å². The minimum absolute atomic E-state index is 0.464. The lowest BCUT2D eigenvalue weighted by Gasteiger charge is -2.37. The molecule has 0 aromatic heterocycles. The third-order valence-electron chi connectivity index (χ3n) is 4.37. The lowest BCUT2D eigenvalue weighted by atomic mass is 9.85. The van der Waals surface area contributed by atoms with Crippen molar-refractivity contribution in [3.8, 4) is 0 Å². The highest BCUT2D eigenvalue weighted by atomic mass is 15.2. The van der Waals surface area contributed by atoms with Crippen molar-refractivity contribution in [2.45, 2.75) is 78.3 Å². The molecule has 0 amide bonds. The van der Waals surface area contributed by atoms with E-state index in [0.29, 0.717) is 6.04 Å². The normalized spacial score (nSPS) is 25.3. The minimum atomic E-state index is 0.464. The average molecular weight is 254 g/mol. The Labute approximate surface area is 114 Å². The van der Waals surface area contributed by atoms with Gasteiger partial charge in [-0.1, -0.05) is 34.1 Å². The molecular formula is C16H34N2. The Kier molecular flexibility index (Phi) is 7.25. The van der Waals surface area contributed by atoms with Gasteiger partial charge < -0.3 is 5.73 Å². The maximum absolute atomic E-state index is 6.12. The fourth-order valence-electron chi connectivity index (χ4n) is 3.48. The summed E-state index contributed by atoms with van der Waals surface area (Å²) in [7, 11) is 0. The molecule has 0 spiro atoms. The van der Waals surface area contributed by atoms with Crippen LogP contribution in [0.1, 0.15) is 66.2 Å². The molecule has 2 unspecified atom stereocenters. The lowest BCUT2D eigenvalue weighted by Crippen LogP contribution is -2.42. The van der Waals surface area contributed by atoms with E-state index in [1.54, 1.807) is 0 Å². The molecule has 0 saturated heterocycles.